The lowest BCUT2D eigenvalue weighted by molar-refractivity contribution is 0.0143. The Hall–Kier alpha value is -0.0800. The van der Waals surface area contributed by atoms with Crippen LogP contribution in [0.1, 0.15) is 45.4 Å². The van der Waals surface area contributed by atoms with Crippen LogP contribution in [0.15, 0.2) is 0 Å². The zero-order valence-corrected chi connectivity index (χ0v) is 9.46. The van der Waals surface area contributed by atoms with Gasteiger partial charge in [-0.1, -0.05) is 13.3 Å². The number of ether oxygens (including phenoxy) is 1. The number of rotatable bonds is 4. The molecular weight excluding hydrogens is 174 g/mol. The summed E-state index contributed by atoms with van der Waals surface area (Å²) in [6, 6.07) is 1.56. The van der Waals surface area contributed by atoms with Gasteiger partial charge in [-0.05, 0) is 38.0 Å². The molecule has 2 unspecified atom stereocenters. The molecule has 2 rings (SSSR count). The molecule has 2 atom stereocenters. The molecule has 2 heteroatoms. The van der Waals surface area contributed by atoms with Crippen molar-refractivity contribution in [3.05, 3.63) is 0 Å². The first-order chi connectivity index (χ1) is 6.81. The zero-order valence-electron chi connectivity index (χ0n) is 9.46. The Labute approximate surface area is 87.4 Å². The van der Waals surface area contributed by atoms with Crippen LogP contribution < -0.4 is 5.32 Å². The summed E-state index contributed by atoms with van der Waals surface area (Å²) >= 11 is 0. The minimum atomic E-state index is 0.538. The van der Waals surface area contributed by atoms with E-state index in [1.807, 2.05) is 7.11 Å². The van der Waals surface area contributed by atoms with Gasteiger partial charge < -0.3 is 10.1 Å². The van der Waals surface area contributed by atoms with Gasteiger partial charge in [-0.2, -0.15) is 0 Å². The standard InChI is InChI=1S/C12H23NO/c1-3-9-4-5-10(6-9)13-11-7-12(8-11)14-2/h9-13H,3-8H2,1-2H3. The second-order valence-electron chi connectivity index (χ2n) is 4.98. The van der Waals surface area contributed by atoms with E-state index in [4.69, 9.17) is 4.74 Å². The molecule has 82 valence electrons. The topological polar surface area (TPSA) is 21.3 Å². The summed E-state index contributed by atoms with van der Waals surface area (Å²) < 4.78 is 5.28. The molecule has 1 N–H and O–H groups in total. The lowest BCUT2D eigenvalue weighted by Gasteiger charge is -2.36. The maximum atomic E-state index is 5.28. The minimum absolute atomic E-state index is 0.538. The van der Waals surface area contributed by atoms with Crippen LogP contribution in [0.3, 0.4) is 0 Å². The van der Waals surface area contributed by atoms with E-state index >= 15 is 0 Å². The van der Waals surface area contributed by atoms with E-state index in [0.717, 1.165) is 18.0 Å². The molecule has 0 radical (unpaired) electrons. The Kier molecular flexibility index (Phi) is 3.45. The third-order valence-electron chi connectivity index (χ3n) is 4.02. The van der Waals surface area contributed by atoms with Crippen molar-refractivity contribution in [3.63, 3.8) is 0 Å². The molecule has 2 nitrogen and oxygen atoms in total. The van der Waals surface area contributed by atoms with Crippen LogP contribution in [-0.2, 0) is 4.74 Å². The first kappa shape index (κ1) is 10.4. The van der Waals surface area contributed by atoms with Gasteiger partial charge in [0.2, 0.25) is 0 Å². The van der Waals surface area contributed by atoms with Crippen molar-refractivity contribution in [2.75, 3.05) is 7.11 Å². The molecule has 0 bridgehead atoms. The van der Waals surface area contributed by atoms with Gasteiger partial charge in [-0.15, -0.1) is 0 Å². The highest BCUT2D eigenvalue weighted by Crippen LogP contribution is 2.30. The van der Waals surface area contributed by atoms with Gasteiger partial charge in [0.05, 0.1) is 6.10 Å². The fourth-order valence-electron chi connectivity index (χ4n) is 2.82. The molecule has 0 aromatic heterocycles. The minimum Gasteiger partial charge on any atom is -0.381 e. The molecule has 0 aliphatic heterocycles. The molecule has 2 aliphatic carbocycles. The Bertz CT molecular complexity index is 177. The first-order valence-electron chi connectivity index (χ1n) is 6.10. The second kappa shape index (κ2) is 4.63. The third kappa shape index (κ3) is 2.29. The van der Waals surface area contributed by atoms with Crippen LogP contribution in [0, 0.1) is 5.92 Å². The van der Waals surface area contributed by atoms with E-state index in [9.17, 15) is 0 Å². The van der Waals surface area contributed by atoms with Crippen molar-refractivity contribution in [2.24, 2.45) is 5.92 Å². The maximum Gasteiger partial charge on any atom is 0.0601 e. The largest absolute Gasteiger partial charge is 0.381 e. The highest BCUT2D eigenvalue weighted by molar-refractivity contribution is 4.90. The summed E-state index contributed by atoms with van der Waals surface area (Å²) in [4.78, 5) is 0. The second-order valence-corrected chi connectivity index (χ2v) is 4.98. The van der Waals surface area contributed by atoms with Gasteiger partial charge in [0.15, 0.2) is 0 Å². The van der Waals surface area contributed by atoms with E-state index in [-0.39, 0.29) is 0 Å². The van der Waals surface area contributed by atoms with Crippen LogP contribution >= 0.6 is 0 Å². The van der Waals surface area contributed by atoms with E-state index < -0.39 is 0 Å². The summed E-state index contributed by atoms with van der Waals surface area (Å²) in [6.07, 6.45) is 8.60. The van der Waals surface area contributed by atoms with Gasteiger partial charge in [0.1, 0.15) is 0 Å². The highest BCUT2D eigenvalue weighted by atomic mass is 16.5. The molecular formula is C12H23NO. The van der Waals surface area contributed by atoms with Crippen LogP contribution in [-0.4, -0.2) is 25.3 Å². The summed E-state index contributed by atoms with van der Waals surface area (Å²) in [5.41, 5.74) is 0. The molecule has 0 aromatic rings. The van der Waals surface area contributed by atoms with Crippen molar-refractivity contribution >= 4 is 0 Å². The first-order valence-corrected chi connectivity index (χ1v) is 6.10. The van der Waals surface area contributed by atoms with Crippen LogP contribution in [0.2, 0.25) is 0 Å². The van der Waals surface area contributed by atoms with Crippen molar-refractivity contribution in [2.45, 2.75) is 63.6 Å². The van der Waals surface area contributed by atoms with Crippen LogP contribution in [0.25, 0.3) is 0 Å². The molecule has 0 amide bonds. The lowest BCUT2D eigenvalue weighted by atomic mass is 9.88. The smallest absolute Gasteiger partial charge is 0.0601 e. The van der Waals surface area contributed by atoms with Crippen molar-refractivity contribution in [1.82, 2.24) is 5.32 Å². The van der Waals surface area contributed by atoms with Gasteiger partial charge in [0, 0.05) is 19.2 Å². The predicted octanol–water partition coefficient (Wildman–Crippen LogP) is 2.33. The number of methoxy groups -OCH3 is 1. The molecule has 2 fully saturated rings. The highest BCUT2D eigenvalue weighted by Gasteiger charge is 2.32. The molecule has 14 heavy (non-hydrogen) atoms. The number of hydrogen-bond acceptors (Lipinski definition) is 2. The van der Waals surface area contributed by atoms with E-state index in [1.165, 1.54) is 38.5 Å². The molecule has 2 aliphatic rings. The van der Waals surface area contributed by atoms with Crippen LogP contribution in [0.4, 0.5) is 0 Å². The Morgan fingerprint density at radius 2 is 1.93 bits per heavy atom. The van der Waals surface area contributed by atoms with Gasteiger partial charge in [-0.3, -0.25) is 0 Å². The summed E-state index contributed by atoms with van der Waals surface area (Å²) in [5, 5.41) is 3.76. The fourth-order valence-corrected chi connectivity index (χ4v) is 2.82. The Morgan fingerprint density at radius 1 is 1.14 bits per heavy atom. The zero-order chi connectivity index (χ0) is 9.97. The van der Waals surface area contributed by atoms with Crippen molar-refractivity contribution in [1.29, 1.82) is 0 Å². The molecule has 0 heterocycles. The monoisotopic (exact) mass is 197 g/mol. The lowest BCUT2D eigenvalue weighted by Crippen LogP contribution is -2.48. The number of hydrogen-bond donors (Lipinski definition) is 1. The van der Waals surface area contributed by atoms with Gasteiger partial charge in [0.25, 0.3) is 0 Å². The normalized spacial score (nSPS) is 42.4. The van der Waals surface area contributed by atoms with E-state index in [0.29, 0.717) is 6.10 Å². The summed E-state index contributed by atoms with van der Waals surface area (Å²) in [5.74, 6) is 0.991. The van der Waals surface area contributed by atoms with E-state index in [1.54, 1.807) is 0 Å². The van der Waals surface area contributed by atoms with Gasteiger partial charge in [-0.25, -0.2) is 0 Å². The molecule has 0 spiro atoms. The summed E-state index contributed by atoms with van der Waals surface area (Å²) in [7, 11) is 1.82. The quantitative estimate of drug-likeness (QED) is 0.747. The number of nitrogens with one attached hydrogen (secondary N) is 1. The fraction of sp³-hybridized carbons (Fsp3) is 1.00. The molecule has 2 saturated carbocycles. The maximum absolute atomic E-state index is 5.28. The Morgan fingerprint density at radius 3 is 2.50 bits per heavy atom. The van der Waals surface area contributed by atoms with Crippen molar-refractivity contribution in [3.8, 4) is 0 Å². The average molecular weight is 197 g/mol. The SMILES string of the molecule is CCC1CCC(NC2CC(OC)C2)C1. The Balaban J connectivity index is 1.63. The average Bonchev–Trinajstić information content (AvgIpc) is 2.58. The van der Waals surface area contributed by atoms with Crippen molar-refractivity contribution < 1.29 is 4.74 Å². The molecule has 0 aromatic carbocycles. The van der Waals surface area contributed by atoms with Gasteiger partial charge >= 0.3 is 0 Å². The third-order valence-corrected chi connectivity index (χ3v) is 4.02. The summed E-state index contributed by atoms with van der Waals surface area (Å²) in [6.45, 7) is 2.32. The van der Waals surface area contributed by atoms with Crippen LogP contribution in [0.5, 0.6) is 0 Å². The predicted molar refractivity (Wildman–Crippen MR) is 58.4 cm³/mol. The van der Waals surface area contributed by atoms with E-state index in [2.05, 4.69) is 12.2 Å². The molecule has 0 saturated heterocycles.